The maximum absolute atomic E-state index is 10.8. The first-order valence-corrected chi connectivity index (χ1v) is 5.49. The molecule has 86 valence electrons. The molecule has 1 aromatic carbocycles. The summed E-state index contributed by atoms with van der Waals surface area (Å²) in [7, 11) is 0. The lowest BCUT2D eigenvalue weighted by Crippen LogP contribution is -2.00. The molecule has 3 nitrogen and oxygen atoms in total. The monoisotopic (exact) mass is 267 g/mol. The van der Waals surface area contributed by atoms with Crippen LogP contribution in [0.3, 0.4) is 0 Å². The third kappa shape index (κ3) is 2.57. The van der Waals surface area contributed by atoms with Crippen molar-refractivity contribution in [1.29, 1.82) is 0 Å². The molecule has 0 aliphatic rings. The fourth-order valence-corrected chi connectivity index (χ4v) is 1.67. The van der Waals surface area contributed by atoms with Gasteiger partial charge in [0.05, 0.1) is 15.7 Å². The Morgan fingerprint density at radius 2 is 1.88 bits per heavy atom. The molecule has 1 N–H and O–H groups in total. The van der Waals surface area contributed by atoms with Crippen LogP contribution in [0, 0.1) is 0 Å². The zero-order valence-corrected chi connectivity index (χ0v) is 10.0. The van der Waals surface area contributed by atoms with Crippen LogP contribution in [-0.4, -0.2) is 16.1 Å². The predicted molar refractivity (Wildman–Crippen MR) is 66.7 cm³/mol. The zero-order chi connectivity index (χ0) is 12.4. The first kappa shape index (κ1) is 11.9. The Bertz CT molecular complexity index is 584. The molecule has 1 aromatic heterocycles. The SMILES string of the molecule is O=C(O)c1cccc(-c2ccc(Cl)c(Cl)c2)n1. The zero-order valence-electron chi connectivity index (χ0n) is 8.52. The number of rotatable bonds is 2. The van der Waals surface area contributed by atoms with E-state index in [9.17, 15) is 4.79 Å². The van der Waals surface area contributed by atoms with Crippen LogP contribution in [0.15, 0.2) is 36.4 Å². The quantitative estimate of drug-likeness (QED) is 0.902. The third-order valence-corrected chi connectivity index (χ3v) is 2.92. The maximum atomic E-state index is 10.8. The van der Waals surface area contributed by atoms with Gasteiger partial charge in [0.25, 0.3) is 0 Å². The second kappa shape index (κ2) is 4.73. The van der Waals surface area contributed by atoms with Crippen LogP contribution in [0.1, 0.15) is 10.5 Å². The van der Waals surface area contributed by atoms with Crippen molar-refractivity contribution in [3.05, 3.63) is 52.1 Å². The highest BCUT2D eigenvalue weighted by molar-refractivity contribution is 6.42. The topological polar surface area (TPSA) is 50.2 Å². The molecule has 0 fully saturated rings. The molecule has 0 radical (unpaired) electrons. The lowest BCUT2D eigenvalue weighted by atomic mass is 10.1. The number of hydrogen-bond donors (Lipinski definition) is 1. The largest absolute Gasteiger partial charge is 0.477 e. The number of hydrogen-bond acceptors (Lipinski definition) is 2. The Balaban J connectivity index is 2.49. The summed E-state index contributed by atoms with van der Waals surface area (Å²) in [5.74, 6) is -1.06. The molecule has 0 bridgehead atoms. The maximum Gasteiger partial charge on any atom is 0.354 e. The normalized spacial score (nSPS) is 10.2. The number of aromatic nitrogens is 1. The Morgan fingerprint density at radius 3 is 2.53 bits per heavy atom. The van der Waals surface area contributed by atoms with E-state index in [1.165, 1.54) is 6.07 Å². The number of carboxylic acid groups (broad SMARTS) is 1. The summed E-state index contributed by atoms with van der Waals surface area (Å²) in [5.41, 5.74) is 1.26. The van der Waals surface area contributed by atoms with Gasteiger partial charge in [-0.15, -0.1) is 0 Å². The molecule has 2 rings (SSSR count). The smallest absolute Gasteiger partial charge is 0.354 e. The first-order valence-electron chi connectivity index (χ1n) is 4.73. The van der Waals surface area contributed by atoms with Crippen LogP contribution in [0.25, 0.3) is 11.3 Å². The van der Waals surface area contributed by atoms with Gasteiger partial charge >= 0.3 is 5.97 Å². The summed E-state index contributed by atoms with van der Waals surface area (Å²) in [6, 6.07) is 9.82. The van der Waals surface area contributed by atoms with Crippen molar-refractivity contribution < 1.29 is 9.90 Å². The molecule has 1 heterocycles. The Kier molecular flexibility index (Phi) is 3.31. The first-order chi connectivity index (χ1) is 8.08. The van der Waals surface area contributed by atoms with Crippen molar-refractivity contribution in [3.63, 3.8) is 0 Å². The summed E-state index contributed by atoms with van der Waals surface area (Å²) >= 11 is 11.7. The van der Waals surface area contributed by atoms with Gasteiger partial charge in [0.2, 0.25) is 0 Å². The molecule has 0 spiro atoms. The summed E-state index contributed by atoms with van der Waals surface area (Å²) in [5, 5.41) is 9.70. The van der Waals surface area contributed by atoms with Gasteiger partial charge in [-0.05, 0) is 24.3 Å². The summed E-state index contributed by atoms with van der Waals surface area (Å²) in [6.07, 6.45) is 0. The van der Waals surface area contributed by atoms with E-state index in [0.29, 0.717) is 15.7 Å². The summed E-state index contributed by atoms with van der Waals surface area (Å²) in [4.78, 5) is 14.8. The lowest BCUT2D eigenvalue weighted by Gasteiger charge is -2.03. The molecule has 5 heteroatoms. The second-order valence-corrected chi connectivity index (χ2v) is 4.16. The highest BCUT2D eigenvalue weighted by atomic mass is 35.5. The molecule has 17 heavy (non-hydrogen) atoms. The fourth-order valence-electron chi connectivity index (χ4n) is 1.37. The molecule has 0 saturated carbocycles. The minimum absolute atomic E-state index is 0.00595. The number of nitrogens with zero attached hydrogens (tertiary/aromatic N) is 1. The van der Waals surface area contributed by atoms with Crippen molar-refractivity contribution in [2.24, 2.45) is 0 Å². The van der Waals surface area contributed by atoms with Crippen LogP contribution < -0.4 is 0 Å². The molecular formula is C12H7Cl2NO2. The van der Waals surface area contributed by atoms with Crippen LogP contribution in [0.5, 0.6) is 0 Å². The van der Waals surface area contributed by atoms with Gasteiger partial charge in [0, 0.05) is 5.56 Å². The second-order valence-electron chi connectivity index (χ2n) is 3.34. The van der Waals surface area contributed by atoms with Crippen molar-refractivity contribution in [3.8, 4) is 11.3 Å². The van der Waals surface area contributed by atoms with Gasteiger partial charge in [-0.3, -0.25) is 0 Å². The van der Waals surface area contributed by atoms with Crippen molar-refractivity contribution in [2.45, 2.75) is 0 Å². The van der Waals surface area contributed by atoms with Gasteiger partial charge < -0.3 is 5.11 Å². The molecule has 0 aliphatic heterocycles. The lowest BCUT2D eigenvalue weighted by molar-refractivity contribution is 0.0690. The Morgan fingerprint density at radius 1 is 1.12 bits per heavy atom. The minimum Gasteiger partial charge on any atom is -0.477 e. The number of halogens is 2. The van der Waals surface area contributed by atoms with E-state index in [2.05, 4.69) is 4.98 Å². The van der Waals surface area contributed by atoms with Crippen molar-refractivity contribution >= 4 is 29.2 Å². The van der Waals surface area contributed by atoms with Crippen LogP contribution in [0.2, 0.25) is 10.0 Å². The van der Waals surface area contributed by atoms with Gasteiger partial charge in [-0.25, -0.2) is 9.78 Å². The van der Waals surface area contributed by atoms with E-state index < -0.39 is 5.97 Å². The number of pyridine rings is 1. The molecule has 0 amide bonds. The molecule has 0 atom stereocenters. The molecule has 0 unspecified atom stereocenters. The average Bonchev–Trinajstić information content (AvgIpc) is 2.33. The fraction of sp³-hybridized carbons (Fsp3) is 0. The van der Waals surface area contributed by atoms with Gasteiger partial charge in [0.15, 0.2) is 0 Å². The van der Waals surface area contributed by atoms with Gasteiger partial charge in [-0.2, -0.15) is 0 Å². The predicted octanol–water partition coefficient (Wildman–Crippen LogP) is 3.75. The summed E-state index contributed by atoms with van der Waals surface area (Å²) in [6.45, 7) is 0. The Labute approximate surface area is 108 Å². The average molecular weight is 268 g/mol. The number of benzene rings is 1. The molecule has 0 saturated heterocycles. The van der Waals surface area contributed by atoms with Gasteiger partial charge in [-0.1, -0.05) is 35.3 Å². The minimum atomic E-state index is -1.06. The van der Waals surface area contributed by atoms with E-state index in [1.54, 1.807) is 30.3 Å². The van der Waals surface area contributed by atoms with Crippen LogP contribution >= 0.6 is 23.2 Å². The number of carboxylic acids is 1. The third-order valence-electron chi connectivity index (χ3n) is 2.18. The van der Waals surface area contributed by atoms with Gasteiger partial charge in [0.1, 0.15) is 5.69 Å². The molecule has 2 aromatic rings. The number of aromatic carboxylic acids is 1. The van der Waals surface area contributed by atoms with E-state index in [0.717, 1.165) is 5.56 Å². The summed E-state index contributed by atoms with van der Waals surface area (Å²) < 4.78 is 0. The number of carbonyl (C=O) groups is 1. The standard InChI is InChI=1S/C12H7Cl2NO2/c13-8-5-4-7(6-9(8)14)10-2-1-3-11(15-10)12(16)17/h1-6H,(H,16,17). The van der Waals surface area contributed by atoms with Crippen molar-refractivity contribution in [1.82, 2.24) is 4.98 Å². The highest BCUT2D eigenvalue weighted by Crippen LogP contribution is 2.27. The van der Waals surface area contributed by atoms with E-state index in [-0.39, 0.29) is 5.69 Å². The van der Waals surface area contributed by atoms with Crippen molar-refractivity contribution in [2.75, 3.05) is 0 Å². The van der Waals surface area contributed by atoms with E-state index in [4.69, 9.17) is 28.3 Å². The molecule has 0 aliphatic carbocycles. The van der Waals surface area contributed by atoms with E-state index >= 15 is 0 Å². The van der Waals surface area contributed by atoms with Crippen LogP contribution in [0.4, 0.5) is 0 Å². The highest BCUT2D eigenvalue weighted by Gasteiger charge is 2.07. The Hall–Kier alpha value is -1.58. The molecular weight excluding hydrogens is 261 g/mol. The van der Waals surface area contributed by atoms with E-state index in [1.807, 2.05) is 0 Å². The van der Waals surface area contributed by atoms with Crippen LogP contribution in [-0.2, 0) is 0 Å².